The molecule has 0 bridgehead atoms. The van der Waals surface area contributed by atoms with Crippen molar-refractivity contribution >= 4 is 23.6 Å². The van der Waals surface area contributed by atoms with Gasteiger partial charge in [-0.3, -0.25) is 4.79 Å². The highest BCUT2D eigenvalue weighted by Crippen LogP contribution is 2.21. The third-order valence-corrected chi connectivity index (χ3v) is 4.64. The van der Waals surface area contributed by atoms with Crippen LogP contribution in [0.25, 0.3) is 0 Å². The molecule has 0 aromatic heterocycles. The van der Waals surface area contributed by atoms with E-state index in [1.807, 2.05) is 0 Å². The number of hydrogen-bond donors (Lipinski definition) is 4. The van der Waals surface area contributed by atoms with Gasteiger partial charge in [-0.1, -0.05) is 19.3 Å². The van der Waals surface area contributed by atoms with Crippen LogP contribution >= 0.6 is 0 Å². The molecule has 1 aliphatic rings. The lowest BCUT2D eigenvalue weighted by molar-refractivity contribution is -0.139. The standard InChI is InChI=1S/C20H29N3O5/c1-14-12-16(28-13-19(25)26)9-10-17(14)23-18(24)8-5-11-21-20(27)22-15-6-3-2-4-7-15/h9-10,12,15H,2-8,11,13H2,1H3,(H,23,24)(H,25,26)(H2,21,22,27). The summed E-state index contributed by atoms with van der Waals surface area (Å²) in [5.41, 5.74) is 1.43. The summed E-state index contributed by atoms with van der Waals surface area (Å²) in [7, 11) is 0. The van der Waals surface area contributed by atoms with Crippen molar-refractivity contribution < 1.29 is 24.2 Å². The van der Waals surface area contributed by atoms with E-state index in [0.717, 1.165) is 31.2 Å². The van der Waals surface area contributed by atoms with E-state index in [2.05, 4.69) is 16.0 Å². The fourth-order valence-corrected chi connectivity index (χ4v) is 3.16. The predicted octanol–water partition coefficient (Wildman–Crippen LogP) is 2.81. The molecule has 0 aliphatic heterocycles. The normalized spacial score (nSPS) is 14.2. The van der Waals surface area contributed by atoms with Gasteiger partial charge in [-0.2, -0.15) is 0 Å². The molecule has 1 saturated carbocycles. The Balaban J connectivity index is 1.65. The Hall–Kier alpha value is -2.77. The van der Waals surface area contributed by atoms with Crippen molar-refractivity contribution in [1.82, 2.24) is 10.6 Å². The third-order valence-electron chi connectivity index (χ3n) is 4.64. The Bertz CT molecular complexity index is 686. The summed E-state index contributed by atoms with van der Waals surface area (Å²) in [5, 5.41) is 17.2. The van der Waals surface area contributed by atoms with Gasteiger partial charge in [0.25, 0.3) is 0 Å². The molecule has 8 nitrogen and oxygen atoms in total. The zero-order chi connectivity index (χ0) is 20.4. The number of carboxylic acids is 1. The molecule has 28 heavy (non-hydrogen) atoms. The Morgan fingerprint density at radius 2 is 1.93 bits per heavy atom. The lowest BCUT2D eigenvalue weighted by atomic mass is 9.96. The van der Waals surface area contributed by atoms with Crippen molar-refractivity contribution in [2.75, 3.05) is 18.5 Å². The van der Waals surface area contributed by atoms with Crippen LogP contribution in [0.3, 0.4) is 0 Å². The van der Waals surface area contributed by atoms with Gasteiger partial charge < -0.3 is 25.8 Å². The summed E-state index contributed by atoms with van der Waals surface area (Å²) in [6.07, 6.45) is 6.48. The Labute approximate surface area is 165 Å². The van der Waals surface area contributed by atoms with E-state index in [1.54, 1.807) is 25.1 Å². The molecule has 0 radical (unpaired) electrons. The number of hydrogen-bond acceptors (Lipinski definition) is 4. The second kappa shape index (κ2) is 11.2. The van der Waals surface area contributed by atoms with Crippen LogP contribution in [-0.4, -0.2) is 42.2 Å². The molecule has 0 unspecified atom stereocenters. The van der Waals surface area contributed by atoms with E-state index in [9.17, 15) is 14.4 Å². The molecule has 1 aliphatic carbocycles. The maximum Gasteiger partial charge on any atom is 0.341 e. The zero-order valence-corrected chi connectivity index (χ0v) is 16.3. The SMILES string of the molecule is Cc1cc(OCC(=O)O)ccc1NC(=O)CCCNC(=O)NC1CCCCC1. The fraction of sp³-hybridized carbons (Fsp3) is 0.550. The summed E-state index contributed by atoms with van der Waals surface area (Å²) in [4.78, 5) is 34.5. The Morgan fingerprint density at radius 3 is 2.61 bits per heavy atom. The second-order valence-corrected chi connectivity index (χ2v) is 7.05. The number of carbonyl (C=O) groups excluding carboxylic acids is 2. The quantitative estimate of drug-likeness (QED) is 0.483. The van der Waals surface area contributed by atoms with Crippen molar-refractivity contribution in [3.8, 4) is 5.75 Å². The van der Waals surface area contributed by atoms with Crippen LogP contribution in [0.15, 0.2) is 18.2 Å². The summed E-state index contributed by atoms with van der Waals surface area (Å²) < 4.78 is 5.11. The maximum atomic E-state index is 12.1. The van der Waals surface area contributed by atoms with Crippen molar-refractivity contribution in [3.05, 3.63) is 23.8 Å². The minimum atomic E-state index is -1.05. The van der Waals surface area contributed by atoms with Crippen molar-refractivity contribution in [1.29, 1.82) is 0 Å². The fourth-order valence-electron chi connectivity index (χ4n) is 3.16. The minimum absolute atomic E-state index is 0.142. The molecular formula is C20H29N3O5. The molecular weight excluding hydrogens is 362 g/mol. The van der Waals surface area contributed by atoms with E-state index in [4.69, 9.17) is 9.84 Å². The first-order valence-corrected chi connectivity index (χ1v) is 9.73. The second-order valence-electron chi connectivity index (χ2n) is 7.05. The highest BCUT2D eigenvalue weighted by molar-refractivity contribution is 5.91. The number of benzene rings is 1. The molecule has 0 spiro atoms. The molecule has 1 aromatic rings. The lowest BCUT2D eigenvalue weighted by Gasteiger charge is -2.22. The molecule has 4 N–H and O–H groups in total. The van der Waals surface area contributed by atoms with Crippen molar-refractivity contribution in [2.45, 2.75) is 57.9 Å². The molecule has 0 heterocycles. The van der Waals surface area contributed by atoms with E-state index < -0.39 is 12.6 Å². The number of rotatable bonds is 9. The first kappa shape index (κ1) is 21.5. The first-order valence-electron chi connectivity index (χ1n) is 9.73. The largest absolute Gasteiger partial charge is 0.482 e. The van der Waals surface area contributed by atoms with Gasteiger partial charge in [0, 0.05) is 24.7 Å². The number of carboxylic acid groups (broad SMARTS) is 1. The molecule has 154 valence electrons. The van der Waals surface area contributed by atoms with Gasteiger partial charge in [0.2, 0.25) is 5.91 Å². The molecule has 1 fully saturated rings. The van der Waals surface area contributed by atoms with Crippen molar-refractivity contribution in [3.63, 3.8) is 0 Å². The van der Waals surface area contributed by atoms with E-state index in [1.165, 1.54) is 6.42 Å². The first-order chi connectivity index (χ1) is 13.4. The molecule has 1 aromatic carbocycles. The smallest absolute Gasteiger partial charge is 0.341 e. The molecule has 0 atom stereocenters. The number of aliphatic carboxylic acids is 1. The van der Waals surface area contributed by atoms with Crippen LogP contribution in [0.1, 0.15) is 50.5 Å². The summed E-state index contributed by atoms with van der Waals surface area (Å²) in [6, 6.07) is 5.07. The topological polar surface area (TPSA) is 117 Å². The number of aryl methyl sites for hydroxylation is 1. The Kier molecular flexibility index (Phi) is 8.58. The highest BCUT2D eigenvalue weighted by atomic mass is 16.5. The van der Waals surface area contributed by atoms with E-state index >= 15 is 0 Å². The molecule has 0 saturated heterocycles. The summed E-state index contributed by atoms with van der Waals surface area (Å²) >= 11 is 0. The van der Waals surface area contributed by atoms with Gasteiger partial charge in [-0.05, 0) is 49.9 Å². The maximum absolute atomic E-state index is 12.1. The average Bonchev–Trinajstić information content (AvgIpc) is 2.66. The average molecular weight is 391 g/mol. The number of urea groups is 1. The lowest BCUT2D eigenvalue weighted by Crippen LogP contribution is -2.43. The van der Waals surface area contributed by atoms with E-state index in [0.29, 0.717) is 30.8 Å². The summed E-state index contributed by atoms with van der Waals surface area (Å²) in [5.74, 6) is -0.751. The van der Waals surface area contributed by atoms with Gasteiger partial charge in [0.15, 0.2) is 6.61 Å². The van der Waals surface area contributed by atoms with Crippen LogP contribution in [0.5, 0.6) is 5.75 Å². The molecule has 2 rings (SSSR count). The van der Waals surface area contributed by atoms with Gasteiger partial charge >= 0.3 is 12.0 Å². The number of amides is 3. The number of ether oxygens (including phenoxy) is 1. The van der Waals surface area contributed by atoms with Crippen LogP contribution in [0.2, 0.25) is 0 Å². The zero-order valence-electron chi connectivity index (χ0n) is 16.3. The Morgan fingerprint density at radius 1 is 1.18 bits per heavy atom. The van der Waals surface area contributed by atoms with E-state index in [-0.39, 0.29) is 18.0 Å². The minimum Gasteiger partial charge on any atom is -0.482 e. The predicted molar refractivity (Wildman–Crippen MR) is 106 cm³/mol. The highest BCUT2D eigenvalue weighted by Gasteiger charge is 2.15. The van der Waals surface area contributed by atoms with Crippen LogP contribution in [0, 0.1) is 6.92 Å². The van der Waals surface area contributed by atoms with Crippen LogP contribution in [0.4, 0.5) is 10.5 Å². The van der Waals surface area contributed by atoms with Gasteiger partial charge in [0.05, 0.1) is 0 Å². The molecule has 3 amide bonds. The number of anilines is 1. The monoisotopic (exact) mass is 391 g/mol. The van der Waals surface area contributed by atoms with Gasteiger partial charge in [-0.25, -0.2) is 9.59 Å². The number of carbonyl (C=O) groups is 3. The third kappa shape index (κ3) is 7.85. The van der Waals surface area contributed by atoms with Gasteiger partial charge in [-0.15, -0.1) is 0 Å². The van der Waals surface area contributed by atoms with Crippen LogP contribution in [-0.2, 0) is 9.59 Å². The van der Waals surface area contributed by atoms with Crippen LogP contribution < -0.4 is 20.7 Å². The summed E-state index contributed by atoms with van der Waals surface area (Å²) in [6.45, 7) is 1.83. The van der Waals surface area contributed by atoms with Crippen molar-refractivity contribution in [2.24, 2.45) is 0 Å². The van der Waals surface area contributed by atoms with Gasteiger partial charge in [0.1, 0.15) is 5.75 Å². The number of nitrogens with one attached hydrogen (secondary N) is 3. The molecule has 8 heteroatoms.